The van der Waals surface area contributed by atoms with E-state index in [9.17, 15) is 4.79 Å². The Morgan fingerprint density at radius 3 is 2.86 bits per heavy atom. The predicted octanol–water partition coefficient (Wildman–Crippen LogP) is 1.16. The van der Waals surface area contributed by atoms with Crippen molar-refractivity contribution in [1.82, 2.24) is 14.5 Å². The first-order chi connectivity index (χ1) is 10.2. The van der Waals surface area contributed by atoms with Crippen molar-refractivity contribution in [2.45, 2.75) is 12.6 Å². The van der Waals surface area contributed by atoms with E-state index in [0.717, 1.165) is 24.3 Å². The van der Waals surface area contributed by atoms with E-state index in [1.165, 1.54) is 0 Å². The third-order valence-electron chi connectivity index (χ3n) is 3.57. The summed E-state index contributed by atoms with van der Waals surface area (Å²) >= 11 is 0. The molecule has 1 aliphatic rings. The van der Waals surface area contributed by atoms with Crippen LogP contribution in [0.3, 0.4) is 0 Å². The Morgan fingerprint density at radius 2 is 2.19 bits per heavy atom. The molecule has 6 nitrogen and oxygen atoms in total. The van der Waals surface area contributed by atoms with Gasteiger partial charge in [0, 0.05) is 37.7 Å². The molecule has 1 atom stereocenters. The predicted molar refractivity (Wildman–Crippen MR) is 76.2 cm³/mol. The lowest BCUT2D eigenvalue weighted by Crippen LogP contribution is -2.45. The van der Waals surface area contributed by atoms with Crippen molar-refractivity contribution < 1.29 is 14.6 Å². The number of carboxylic acids is 1. The molecular weight excluding hydrogens is 270 g/mol. The number of hydrogen-bond donors (Lipinski definition) is 1. The number of aliphatic carboxylic acids is 1. The molecule has 6 heteroatoms. The SMILES string of the molecule is O=C(O)[C@H]1CN(Cc2ccc(-n3ccnc3)cc2)CCO1. The van der Waals surface area contributed by atoms with Crippen LogP contribution >= 0.6 is 0 Å². The van der Waals surface area contributed by atoms with E-state index in [4.69, 9.17) is 9.84 Å². The minimum atomic E-state index is -0.893. The van der Waals surface area contributed by atoms with Gasteiger partial charge in [-0.25, -0.2) is 9.78 Å². The van der Waals surface area contributed by atoms with Crippen LogP contribution in [0, 0.1) is 0 Å². The smallest absolute Gasteiger partial charge is 0.334 e. The van der Waals surface area contributed by atoms with Crippen LogP contribution in [-0.2, 0) is 16.1 Å². The Hall–Kier alpha value is -2.18. The van der Waals surface area contributed by atoms with Gasteiger partial charge in [-0.15, -0.1) is 0 Å². The number of morpholine rings is 1. The van der Waals surface area contributed by atoms with E-state index < -0.39 is 12.1 Å². The molecule has 1 fully saturated rings. The Morgan fingerprint density at radius 1 is 1.38 bits per heavy atom. The fourth-order valence-electron chi connectivity index (χ4n) is 2.44. The van der Waals surface area contributed by atoms with Gasteiger partial charge >= 0.3 is 5.97 Å². The van der Waals surface area contributed by atoms with Crippen molar-refractivity contribution in [1.29, 1.82) is 0 Å². The second kappa shape index (κ2) is 6.07. The van der Waals surface area contributed by atoms with Crippen LogP contribution in [0.15, 0.2) is 43.0 Å². The topological polar surface area (TPSA) is 67.6 Å². The Bertz CT molecular complexity index is 595. The summed E-state index contributed by atoms with van der Waals surface area (Å²) in [6.45, 7) is 2.38. The quantitative estimate of drug-likeness (QED) is 0.914. The molecule has 1 aromatic heterocycles. The standard InChI is InChI=1S/C15H17N3O3/c19-15(20)14-10-17(7-8-21-14)9-12-1-3-13(4-2-12)18-6-5-16-11-18/h1-6,11,14H,7-10H2,(H,19,20)/t14-/m1/s1. The molecule has 21 heavy (non-hydrogen) atoms. The molecule has 1 aromatic carbocycles. The van der Waals surface area contributed by atoms with Gasteiger partial charge in [-0.2, -0.15) is 0 Å². The Balaban J connectivity index is 1.64. The number of carboxylic acid groups (broad SMARTS) is 1. The molecule has 2 aromatic rings. The summed E-state index contributed by atoms with van der Waals surface area (Å²) in [7, 11) is 0. The van der Waals surface area contributed by atoms with Gasteiger partial charge in [0.2, 0.25) is 0 Å². The first kappa shape index (κ1) is 13.8. The number of nitrogens with zero attached hydrogens (tertiary/aromatic N) is 3. The molecule has 2 heterocycles. The summed E-state index contributed by atoms with van der Waals surface area (Å²) in [5.41, 5.74) is 2.21. The largest absolute Gasteiger partial charge is 0.479 e. The third-order valence-corrected chi connectivity index (χ3v) is 3.57. The average Bonchev–Trinajstić information content (AvgIpc) is 3.02. The number of hydrogen-bond acceptors (Lipinski definition) is 4. The minimum absolute atomic E-state index is 0.429. The average molecular weight is 287 g/mol. The number of benzene rings is 1. The first-order valence-corrected chi connectivity index (χ1v) is 6.86. The minimum Gasteiger partial charge on any atom is -0.479 e. The zero-order valence-electron chi connectivity index (χ0n) is 11.6. The van der Waals surface area contributed by atoms with Gasteiger partial charge < -0.3 is 14.4 Å². The lowest BCUT2D eigenvalue weighted by Gasteiger charge is -2.30. The molecule has 0 spiro atoms. The summed E-state index contributed by atoms with van der Waals surface area (Å²) in [6.07, 6.45) is 4.68. The van der Waals surface area contributed by atoms with Gasteiger partial charge in [0.1, 0.15) is 0 Å². The van der Waals surface area contributed by atoms with Gasteiger partial charge in [0.25, 0.3) is 0 Å². The molecule has 1 N–H and O–H groups in total. The summed E-state index contributed by atoms with van der Waals surface area (Å²) in [5, 5.41) is 9.00. The molecule has 1 saturated heterocycles. The van der Waals surface area contributed by atoms with Gasteiger partial charge in [-0.1, -0.05) is 12.1 Å². The second-order valence-electron chi connectivity index (χ2n) is 5.07. The van der Waals surface area contributed by atoms with Crippen molar-refractivity contribution in [3.05, 3.63) is 48.5 Å². The summed E-state index contributed by atoms with van der Waals surface area (Å²) in [5.74, 6) is -0.893. The van der Waals surface area contributed by atoms with Crippen molar-refractivity contribution in [3.8, 4) is 5.69 Å². The van der Waals surface area contributed by atoms with E-state index >= 15 is 0 Å². The molecule has 0 bridgehead atoms. The molecule has 0 aliphatic carbocycles. The summed E-state index contributed by atoms with van der Waals surface area (Å²) in [4.78, 5) is 17.1. The maximum Gasteiger partial charge on any atom is 0.334 e. The van der Waals surface area contributed by atoms with Crippen LogP contribution < -0.4 is 0 Å². The van der Waals surface area contributed by atoms with Gasteiger partial charge in [-0.05, 0) is 17.7 Å². The van der Waals surface area contributed by atoms with Crippen LogP contribution in [-0.4, -0.2) is 51.3 Å². The lowest BCUT2D eigenvalue weighted by atomic mass is 10.1. The van der Waals surface area contributed by atoms with Gasteiger partial charge in [0.15, 0.2) is 6.10 Å². The van der Waals surface area contributed by atoms with Crippen molar-refractivity contribution in [2.24, 2.45) is 0 Å². The number of carbonyl (C=O) groups is 1. The molecule has 0 saturated carbocycles. The number of aromatic nitrogens is 2. The zero-order chi connectivity index (χ0) is 14.7. The van der Waals surface area contributed by atoms with Crippen molar-refractivity contribution in [2.75, 3.05) is 19.7 Å². The zero-order valence-corrected chi connectivity index (χ0v) is 11.6. The van der Waals surface area contributed by atoms with Gasteiger partial charge in [0.05, 0.1) is 12.9 Å². The Labute approximate surface area is 122 Å². The highest BCUT2D eigenvalue weighted by molar-refractivity contribution is 5.72. The molecule has 0 unspecified atom stereocenters. The fourth-order valence-corrected chi connectivity index (χ4v) is 2.44. The maximum atomic E-state index is 11.0. The molecule has 110 valence electrons. The highest BCUT2D eigenvalue weighted by Gasteiger charge is 2.25. The van der Waals surface area contributed by atoms with Gasteiger partial charge in [-0.3, -0.25) is 4.90 Å². The summed E-state index contributed by atoms with van der Waals surface area (Å²) in [6, 6.07) is 8.18. The van der Waals surface area contributed by atoms with E-state index in [0.29, 0.717) is 13.2 Å². The lowest BCUT2D eigenvalue weighted by molar-refractivity contribution is -0.156. The molecule has 0 amide bonds. The first-order valence-electron chi connectivity index (χ1n) is 6.86. The number of rotatable bonds is 4. The van der Waals surface area contributed by atoms with E-state index in [2.05, 4.69) is 22.0 Å². The van der Waals surface area contributed by atoms with Crippen molar-refractivity contribution >= 4 is 5.97 Å². The second-order valence-corrected chi connectivity index (χ2v) is 5.07. The Kier molecular flexibility index (Phi) is 3.98. The van der Waals surface area contributed by atoms with Crippen LogP contribution in [0.5, 0.6) is 0 Å². The van der Waals surface area contributed by atoms with E-state index in [1.54, 1.807) is 12.5 Å². The highest BCUT2D eigenvalue weighted by atomic mass is 16.5. The maximum absolute atomic E-state index is 11.0. The third kappa shape index (κ3) is 3.29. The summed E-state index contributed by atoms with van der Waals surface area (Å²) < 4.78 is 7.17. The molecule has 3 rings (SSSR count). The van der Waals surface area contributed by atoms with Crippen LogP contribution in [0.1, 0.15) is 5.56 Å². The van der Waals surface area contributed by atoms with Crippen molar-refractivity contribution in [3.63, 3.8) is 0 Å². The monoisotopic (exact) mass is 287 g/mol. The van der Waals surface area contributed by atoms with Crippen LogP contribution in [0.2, 0.25) is 0 Å². The molecule has 1 aliphatic heterocycles. The van der Waals surface area contributed by atoms with Crippen LogP contribution in [0.25, 0.3) is 5.69 Å². The number of imidazole rings is 1. The van der Waals surface area contributed by atoms with E-state index in [1.807, 2.05) is 22.9 Å². The normalized spacial score (nSPS) is 19.5. The number of ether oxygens (including phenoxy) is 1. The van der Waals surface area contributed by atoms with E-state index in [-0.39, 0.29) is 0 Å². The molecule has 0 radical (unpaired) electrons. The highest BCUT2D eigenvalue weighted by Crippen LogP contribution is 2.13. The van der Waals surface area contributed by atoms with Crippen LogP contribution in [0.4, 0.5) is 0 Å². The fraction of sp³-hybridized carbons (Fsp3) is 0.333. The molecular formula is C15H17N3O3.